The van der Waals surface area contributed by atoms with Crippen LogP contribution >= 0.6 is 0 Å². The Morgan fingerprint density at radius 1 is 1.33 bits per heavy atom. The van der Waals surface area contributed by atoms with E-state index in [-0.39, 0.29) is 13.1 Å². The van der Waals surface area contributed by atoms with Gasteiger partial charge in [-0.25, -0.2) is 0 Å². The van der Waals surface area contributed by atoms with E-state index in [9.17, 15) is 9.59 Å². The molecule has 1 aromatic heterocycles. The highest BCUT2D eigenvalue weighted by atomic mass is 16.4. The van der Waals surface area contributed by atoms with Gasteiger partial charge < -0.3 is 19.5 Å². The van der Waals surface area contributed by atoms with Crippen molar-refractivity contribution in [1.82, 2.24) is 0 Å². The van der Waals surface area contributed by atoms with Crippen molar-refractivity contribution >= 4 is 17.6 Å². The summed E-state index contributed by atoms with van der Waals surface area (Å²) < 4.78 is 4.98. The maximum atomic E-state index is 10.5. The highest BCUT2D eigenvalue weighted by Gasteiger charge is 2.17. The minimum Gasteiger partial charge on any atom is -0.480 e. The van der Waals surface area contributed by atoms with Gasteiger partial charge in [-0.3, -0.25) is 9.59 Å². The molecule has 0 bridgehead atoms. The Morgan fingerprint density at radius 2 is 1.87 bits per heavy atom. The van der Waals surface area contributed by atoms with Gasteiger partial charge >= 0.3 is 11.9 Å². The fourth-order valence-electron chi connectivity index (χ4n) is 1.26. The van der Waals surface area contributed by atoms with Crippen molar-refractivity contribution in [3.63, 3.8) is 0 Å². The molecule has 0 atom stereocenters. The first-order valence-electron chi connectivity index (χ1n) is 4.23. The molecule has 0 aromatic carbocycles. The standard InChI is InChI=1S/C9H11NO5/c1-6-7(2-3-15-6)10(4-8(11)12)5-9(13)14/h2-3H,4-5H2,1H3,(H,11,12)(H,13,14). The van der Waals surface area contributed by atoms with Gasteiger partial charge in [0.05, 0.1) is 12.0 Å². The van der Waals surface area contributed by atoms with E-state index in [0.29, 0.717) is 11.4 Å². The normalized spacial score (nSPS) is 9.93. The molecule has 15 heavy (non-hydrogen) atoms. The first-order valence-corrected chi connectivity index (χ1v) is 4.23. The number of nitrogens with zero attached hydrogens (tertiary/aromatic N) is 1. The summed E-state index contributed by atoms with van der Waals surface area (Å²) in [6.45, 7) is 0.908. The zero-order chi connectivity index (χ0) is 11.4. The third kappa shape index (κ3) is 3.01. The van der Waals surface area contributed by atoms with Gasteiger partial charge in [0.25, 0.3) is 0 Å². The van der Waals surface area contributed by atoms with E-state index in [2.05, 4.69) is 0 Å². The Kier molecular flexibility index (Phi) is 3.33. The molecule has 2 N–H and O–H groups in total. The molecule has 0 aliphatic heterocycles. The molecule has 0 unspecified atom stereocenters. The number of anilines is 1. The van der Waals surface area contributed by atoms with Crippen LogP contribution in [-0.2, 0) is 9.59 Å². The van der Waals surface area contributed by atoms with Gasteiger partial charge in [0.1, 0.15) is 18.8 Å². The molecular weight excluding hydrogens is 202 g/mol. The zero-order valence-corrected chi connectivity index (χ0v) is 8.14. The van der Waals surface area contributed by atoms with Crippen molar-refractivity contribution in [2.24, 2.45) is 0 Å². The van der Waals surface area contributed by atoms with Crippen LogP contribution in [0, 0.1) is 6.92 Å². The molecule has 0 radical (unpaired) electrons. The van der Waals surface area contributed by atoms with Crippen LogP contribution < -0.4 is 4.90 Å². The van der Waals surface area contributed by atoms with Crippen molar-refractivity contribution in [2.75, 3.05) is 18.0 Å². The lowest BCUT2D eigenvalue weighted by molar-refractivity contribution is -0.136. The van der Waals surface area contributed by atoms with E-state index in [4.69, 9.17) is 14.6 Å². The van der Waals surface area contributed by atoms with E-state index >= 15 is 0 Å². The number of furan rings is 1. The first kappa shape index (κ1) is 11.1. The Hall–Kier alpha value is -1.98. The third-order valence-electron chi connectivity index (χ3n) is 1.82. The second kappa shape index (κ2) is 4.50. The number of carboxylic acid groups (broad SMARTS) is 2. The van der Waals surface area contributed by atoms with Gasteiger partial charge in [0.2, 0.25) is 0 Å². The predicted octanol–water partition coefficient (Wildman–Crippen LogP) is 0.564. The molecule has 82 valence electrons. The summed E-state index contributed by atoms with van der Waals surface area (Å²) in [5.41, 5.74) is 0.486. The second-order valence-electron chi connectivity index (χ2n) is 3.01. The summed E-state index contributed by atoms with van der Waals surface area (Å²) in [7, 11) is 0. The lowest BCUT2D eigenvalue weighted by Crippen LogP contribution is -2.34. The smallest absolute Gasteiger partial charge is 0.323 e. The van der Waals surface area contributed by atoms with Crippen LogP contribution in [0.4, 0.5) is 5.69 Å². The molecule has 0 fully saturated rings. The zero-order valence-electron chi connectivity index (χ0n) is 8.14. The van der Waals surface area contributed by atoms with Crippen LogP contribution in [0.1, 0.15) is 5.76 Å². The van der Waals surface area contributed by atoms with Crippen LogP contribution in [0.5, 0.6) is 0 Å². The Morgan fingerprint density at radius 3 is 2.20 bits per heavy atom. The largest absolute Gasteiger partial charge is 0.480 e. The van der Waals surface area contributed by atoms with Gasteiger partial charge in [-0.05, 0) is 6.92 Å². The Labute approximate surface area is 85.7 Å². The van der Waals surface area contributed by atoms with Crippen molar-refractivity contribution in [1.29, 1.82) is 0 Å². The van der Waals surface area contributed by atoms with Gasteiger partial charge in [0.15, 0.2) is 0 Å². The minimum absolute atomic E-state index is 0.368. The molecule has 0 aliphatic rings. The van der Waals surface area contributed by atoms with Crippen LogP contribution in [0.15, 0.2) is 16.7 Å². The summed E-state index contributed by atoms with van der Waals surface area (Å²) in [6, 6.07) is 1.54. The number of aliphatic carboxylic acids is 2. The molecule has 1 heterocycles. The summed E-state index contributed by atoms with van der Waals surface area (Å²) in [5, 5.41) is 17.2. The second-order valence-corrected chi connectivity index (χ2v) is 3.01. The third-order valence-corrected chi connectivity index (χ3v) is 1.82. The number of aryl methyl sites for hydroxylation is 1. The lowest BCUT2D eigenvalue weighted by atomic mass is 10.3. The fourth-order valence-corrected chi connectivity index (χ4v) is 1.26. The highest BCUT2D eigenvalue weighted by molar-refractivity contribution is 5.79. The molecule has 0 saturated heterocycles. The summed E-state index contributed by atoms with van der Waals surface area (Å²) >= 11 is 0. The topological polar surface area (TPSA) is 91.0 Å². The van der Waals surface area contributed by atoms with Crippen LogP contribution in [0.3, 0.4) is 0 Å². The van der Waals surface area contributed by atoms with Gasteiger partial charge in [0, 0.05) is 6.07 Å². The van der Waals surface area contributed by atoms with Crippen molar-refractivity contribution in [3.8, 4) is 0 Å². The van der Waals surface area contributed by atoms with Crippen LogP contribution in [0.2, 0.25) is 0 Å². The average molecular weight is 213 g/mol. The van der Waals surface area contributed by atoms with E-state index in [0.717, 1.165) is 0 Å². The van der Waals surface area contributed by atoms with E-state index in [1.54, 1.807) is 13.0 Å². The molecule has 0 amide bonds. The lowest BCUT2D eigenvalue weighted by Gasteiger charge is -2.19. The van der Waals surface area contributed by atoms with Crippen molar-refractivity contribution < 1.29 is 24.2 Å². The minimum atomic E-state index is -1.09. The monoisotopic (exact) mass is 213 g/mol. The summed E-state index contributed by atoms with van der Waals surface area (Å²) in [5.74, 6) is -1.67. The van der Waals surface area contributed by atoms with Gasteiger partial charge in [-0.1, -0.05) is 0 Å². The molecule has 0 aliphatic carbocycles. The number of carboxylic acids is 2. The number of hydrogen-bond donors (Lipinski definition) is 2. The van der Waals surface area contributed by atoms with Crippen LogP contribution in [-0.4, -0.2) is 35.2 Å². The van der Waals surface area contributed by atoms with Gasteiger partial charge in [-0.15, -0.1) is 0 Å². The van der Waals surface area contributed by atoms with E-state index in [1.807, 2.05) is 0 Å². The van der Waals surface area contributed by atoms with Crippen LogP contribution in [0.25, 0.3) is 0 Å². The number of carbonyl (C=O) groups is 2. The molecule has 6 nitrogen and oxygen atoms in total. The molecule has 6 heteroatoms. The maximum absolute atomic E-state index is 10.5. The summed E-state index contributed by atoms with van der Waals surface area (Å²) in [4.78, 5) is 22.3. The number of hydrogen-bond acceptors (Lipinski definition) is 4. The van der Waals surface area contributed by atoms with E-state index in [1.165, 1.54) is 11.2 Å². The van der Waals surface area contributed by atoms with E-state index < -0.39 is 11.9 Å². The molecule has 1 aromatic rings. The average Bonchev–Trinajstić information content (AvgIpc) is 2.48. The van der Waals surface area contributed by atoms with Crippen molar-refractivity contribution in [2.45, 2.75) is 6.92 Å². The predicted molar refractivity (Wildman–Crippen MR) is 50.9 cm³/mol. The molecular formula is C9H11NO5. The Balaban J connectivity index is 2.85. The number of rotatable bonds is 5. The fraction of sp³-hybridized carbons (Fsp3) is 0.333. The Bertz CT molecular complexity index is 354. The molecule has 1 rings (SSSR count). The summed E-state index contributed by atoms with van der Waals surface area (Å²) in [6.07, 6.45) is 1.39. The maximum Gasteiger partial charge on any atom is 0.323 e. The molecule has 0 spiro atoms. The molecule has 0 saturated carbocycles. The SMILES string of the molecule is Cc1occc1N(CC(=O)O)CC(=O)O. The van der Waals surface area contributed by atoms with Gasteiger partial charge in [-0.2, -0.15) is 0 Å². The van der Waals surface area contributed by atoms with Crippen molar-refractivity contribution in [3.05, 3.63) is 18.1 Å². The first-order chi connectivity index (χ1) is 7.00. The quantitative estimate of drug-likeness (QED) is 0.742. The highest BCUT2D eigenvalue weighted by Crippen LogP contribution is 2.20.